The number of fused-ring (bicyclic) bond motifs is 1. The molecule has 0 bridgehead atoms. The Balaban J connectivity index is 2.44. The molecule has 0 saturated carbocycles. The van der Waals surface area contributed by atoms with Crippen LogP contribution in [0.1, 0.15) is 104 Å². The van der Waals surface area contributed by atoms with E-state index in [2.05, 4.69) is 27.7 Å². The Bertz CT molecular complexity index is 695. The van der Waals surface area contributed by atoms with E-state index in [4.69, 9.17) is 14.7 Å². The van der Waals surface area contributed by atoms with Gasteiger partial charge >= 0.3 is 195 Å². The molecule has 1 atom stereocenters. The van der Waals surface area contributed by atoms with Crippen LogP contribution in [0.15, 0.2) is 6.33 Å². The Kier molecular flexibility index (Phi) is 10.1. The Labute approximate surface area is 194 Å². The SMILES string of the molecule is CCC[CH2][Sn]([CH2]CCC)([CH2]CCC)[c]1ncnc2c1CCN(C(=O)OC(C)(C)C)[C@@H]2C. The molecule has 31 heavy (non-hydrogen) atoms. The summed E-state index contributed by atoms with van der Waals surface area (Å²) in [6.07, 6.45) is 10.2. The van der Waals surface area contributed by atoms with E-state index < -0.39 is 24.0 Å². The van der Waals surface area contributed by atoms with Crippen molar-refractivity contribution in [2.45, 2.75) is 118 Å². The standard InChI is InChI=1S/C13H18N3O2.3C4H9.Sn/c1-9-11-10(7-14-8-15-11)5-6-16(9)12(17)18-13(2,3)4;3*1-3-4-2;/h8-9H,5-6H2,1-4H3;3*1,3-4H2,2H3;/t9-;;;;/m1..../s1. The van der Waals surface area contributed by atoms with Crippen molar-refractivity contribution in [3.05, 3.63) is 17.6 Å². The van der Waals surface area contributed by atoms with E-state index in [9.17, 15) is 4.79 Å². The third-order valence-corrected chi connectivity index (χ3v) is 21.9. The van der Waals surface area contributed by atoms with E-state index in [-0.39, 0.29) is 12.1 Å². The number of carbonyl (C=O) groups is 1. The van der Waals surface area contributed by atoms with Gasteiger partial charge in [-0.15, -0.1) is 0 Å². The van der Waals surface area contributed by atoms with Crippen LogP contribution >= 0.6 is 0 Å². The van der Waals surface area contributed by atoms with Gasteiger partial charge < -0.3 is 0 Å². The van der Waals surface area contributed by atoms with Gasteiger partial charge in [0.2, 0.25) is 0 Å². The van der Waals surface area contributed by atoms with Crippen molar-refractivity contribution in [3.63, 3.8) is 0 Å². The molecule has 0 radical (unpaired) electrons. The van der Waals surface area contributed by atoms with E-state index in [0.29, 0.717) is 6.54 Å². The van der Waals surface area contributed by atoms with E-state index >= 15 is 0 Å². The molecule has 6 heteroatoms. The minimum absolute atomic E-state index is 0.0622. The second kappa shape index (κ2) is 11.8. The first-order chi connectivity index (χ1) is 14.7. The monoisotopic (exact) mass is 539 g/mol. The molecule has 1 aliphatic rings. The Morgan fingerprint density at radius 2 is 1.61 bits per heavy atom. The van der Waals surface area contributed by atoms with Gasteiger partial charge in [0.15, 0.2) is 0 Å². The molecule has 1 aromatic heterocycles. The number of rotatable bonds is 10. The van der Waals surface area contributed by atoms with Crippen molar-refractivity contribution >= 4 is 28.2 Å². The van der Waals surface area contributed by atoms with Gasteiger partial charge in [0.25, 0.3) is 0 Å². The van der Waals surface area contributed by atoms with Crippen LogP contribution in [-0.2, 0) is 11.2 Å². The molecule has 1 aromatic rings. The number of ether oxygens (including phenoxy) is 1. The Morgan fingerprint density at radius 1 is 1.06 bits per heavy atom. The summed E-state index contributed by atoms with van der Waals surface area (Å²) in [5.41, 5.74) is 1.96. The number of nitrogens with zero attached hydrogens (tertiary/aromatic N) is 3. The molecule has 2 rings (SSSR count). The molecule has 0 aromatic carbocycles. The first-order valence-corrected chi connectivity index (χ1v) is 20.0. The van der Waals surface area contributed by atoms with Crippen LogP contribution in [0.25, 0.3) is 0 Å². The summed E-state index contributed by atoms with van der Waals surface area (Å²) in [5.74, 6) is 0. The maximum atomic E-state index is 12.8. The fourth-order valence-corrected chi connectivity index (χ4v) is 21.4. The minimum atomic E-state index is -2.66. The molecule has 0 N–H and O–H groups in total. The Morgan fingerprint density at radius 3 is 2.10 bits per heavy atom. The molecule has 0 unspecified atom stereocenters. The molecule has 0 aliphatic carbocycles. The van der Waals surface area contributed by atoms with Gasteiger partial charge in [0, 0.05) is 0 Å². The third kappa shape index (κ3) is 6.81. The zero-order valence-corrected chi connectivity index (χ0v) is 23.9. The molecule has 5 nitrogen and oxygen atoms in total. The summed E-state index contributed by atoms with van der Waals surface area (Å²) in [6, 6.07) is -0.0622. The molecule has 1 amide bonds. The fraction of sp³-hybridized carbons (Fsp3) is 0.800. The molecule has 0 fully saturated rings. The predicted octanol–water partition coefficient (Wildman–Crippen LogP) is 6.39. The molecule has 1 aliphatic heterocycles. The number of amides is 1. The van der Waals surface area contributed by atoms with Crippen LogP contribution in [0, 0.1) is 0 Å². The second-order valence-corrected chi connectivity index (χ2v) is 23.2. The summed E-state index contributed by atoms with van der Waals surface area (Å²) in [5, 5.41) is 0. The van der Waals surface area contributed by atoms with Gasteiger partial charge in [0.05, 0.1) is 0 Å². The van der Waals surface area contributed by atoms with Crippen molar-refractivity contribution in [2.75, 3.05) is 6.54 Å². The van der Waals surface area contributed by atoms with Crippen LogP contribution in [-0.4, -0.2) is 51.5 Å². The summed E-state index contributed by atoms with van der Waals surface area (Å²) >= 11 is -2.66. The van der Waals surface area contributed by atoms with Gasteiger partial charge in [-0.05, 0) is 0 Å². The van der Waals surface area contributed by atoms with Gasteiger partial charge in [-0.25, -0.2) is 0 Å². The van der Waals surface area contributed by atoms with Crippen molar-refractivity contribution in [2.24, 2.45) is 0 Å². The molecular weight excluding hydrogens is 493 g/mol. The van der Waals surface area contributed by atoms with Crippen LogP contribution in [0.4, 0.5) is 4.79 Å². The van der Waals surface area contributed by atoms with Crippen molar-refractivity contribution in [1.82, 2.24) is 14.9 Å². The van der Waals surface area contributed by atoms with Crippen LogP contribution in [0.3, 0.4) is 0 Å². The average Bonchev–Trinajstić information content (AvgIpc) is 2.72. The maximum absolute atomic E-state index is 12.8. The van der Waals surface area contributed by atoms with Gasteiger partial charge in [-0.1, -0.05) is 0 Å². The van der Waals surface area contributed by atoms with Crippen LogP contribution < -0.4 is 3.71 Å². The first kappa shape index (κ1) is 26.4. The zero-order chi connectivity index (χ0) is 23.1. The fourth-order valence-electron chi connectivity index (χ4n) is 4.91. The van der Waals surface area contributed by atoms with Crippen molar-refractivity contribution in [3.8, 4) is 0 Å². The number of hydrogen-bond donors (Lipinski definition) is 0. The number of unbranched alkanes of at least 4 members (excludes halogenated alkanes) is 3. The van der Waals surface area contributed by atoms with E-state index in [1.165, 1.54) is 61.1 Å². The zero-order valence-electron chi connectivity index (χ0n) is 21.1. The summed E-state index contributed by atoms with van der Waals surface area (Å²) in [4.78, 5) is 24.4. The molecule has 176 valence electrons. The number of aromatic nitrogens is 2. The Hall–Kier alpha value is -0.851. The van der Waals surface area contributed by atoms with E-state index in [0.717, 1.165) is 12.1 Å². The molecule has 2 heterocycles. The molecule has 0 spiro atoms. The quantitative estimate of drug-likeness (QED) is 0.324. The predicted molar refractivity (Wildman–Crippen MR) is 132 cm³/mol. The van der Waals surface area contributed by atoms with Crippen LogP contribution in [0.2, 0.25) is 13.3 Å². The van der Waals surface area contributed by atoms with E-state index in [1.54, 1.807) is 6.33 Å². The topological polar surface area (TPSA) is 55.3 Å². The normalized spacial score (nSPS) is 16.9. The van der Waals surface area contributed by atoms with Gasteiger partial charge in [-0.3, -0.25) is 0 Å². The third-order valence-electron chi connectivity index (χ3n) is 6.60. The molecule has 0 saturated heterocycles. The first-order valence-electron chi connectivity index (χ1n) is 12.5. The van der Waals surface area contributed by atoms with E-state index in [1.807, 2.05) is 25.7 Å². The summed E-state index contributed by atoms with van der Waals surface area (Å²) < 4.78 is 11.4. The number of hydrogen-bond acceptors (Lipinski definition) is 4. The van der Waals surface area contributed by atoms with Gasteiger partial charge in [0.1, 0.15) is 0 Å². The average molecular weight is 538 g/mol. The van der Waals surface area contributed by atoms with Crippen LogP contribution in [0.5, 0.6) is 0 Å². The second-order valence-electron chi connectivity index (χ2n) is 10.3. The van der Waals surface area contributed by atoms with Gasteiger partial charge in [-0.2, -0.15) is 0 Å². The van der Waals surface area contributed by atoms with Crippen molar-refractivity contribution < 1.29 is 9.53 Å². The van der Waals surface area contributed by atoms with Crippen molar-refractivity contribution in [1.29, 1.82) is 0 Å². The number of carbonyl (C=O) groups excluding carboxylic acids is 1. The summed E-state index contributed by atoms with van der Waals surface area (Å²) in [6.45, 7) is 15.5. The summed E-state index contributed by atoms with van der Waals surface area (Å²) in [7, 11) is 0. The molecular formula is C25H45N3O2Sn.